The molecule has 0 saturated carbocycles. The van der Waals surface area contributed by atoms with Gasteiger partial charge in [-0.15, -0.1) is 24.8 Å². The number of pyridine rings is 1. The first-order valence-electron chi connectivity index (χ1n) is 9.02. The molecule has 1 amide bonds. The Kier molecular flexibility index (Phi) is 8.73. The smallest absolute Gasteiger partial charge is 0.273 e. The Balaban J connectivity index is 0.00000210. The molecule has 1 aromatic carbocycles. The number of amides is 1. The van der Waals surface area contributed by atoms with Crippen molar-refractivity contribution >= 4 is 47.4 Å². The Morgan fingerprint density at radius 2 is 1.83 bits per heavy atom. The van der Waals surface area contributed by atoms with Gasteiger partial charge in [-0.2, -0.15) is 0 Å². The van der Waals surface area contributed by atoms with Crippen LogP contribution in [0, 0.1) is 13.8 Å². The molecule has 4 N–H and O–H groups in total. The van der Waals surface area contributed by atoms with Crippen LogP contribution in [0.1, 0.15) is 28.8 Å². The van der Waals surface area contributed by atoms with Crippen molar-refractivity contribution in [1.29, 1.82) is 0 Å². The van der Waals surface area contributed by atoms with Crippen molar-refractivity contribution in [2.24, 2.45) is 7.05 Å². The molecule has 0 fully saturated rings. The molecule has 2 heterocycles. The number of hydrogen-bond acceptors (Lipinski definition) is 4. The number of carbonyl (C=O) groups excluding carboxylic acids is 1. The van der Waals surface area contributed by atoms with E-state index in [1.165, 1.54) is 0 Å². The second-order valence-corrected chi connectivity index (χ2v) is 6.84. The second-order valence-electron chi connectivity index (χ2n) is 6.84. The van der Waals surface area contributed by atoms with Crippen LogP contribution in [0.2, 0.25) is 0 Å². The van der Waals surface area contributed by atoms with E-state index < -0.39 is 0 Å². The van der Waals surface area contributed by atoms with Gasteiger partial charge in [-0.1, -0.05) is 12.1 Å². The molecule has 0 aliphatic rings. The minimum Gasteiger partial charge on any atom is -0.399 e. The number of aromatic nitrogens is 3. The van der Waals surface area contributed by atoms with Gasteiger partial charge >= 0.3 is 0 Å². The summed E-state index contributed by atoms with van der Waals surface area (Å²) in [4.78, 5) is 28.8. The number of anilines is 1. The number of nitrogens with zero attached hydrogens (tertiary/aromatic N) is 2. The van der Waals surface area contributed by atoms with Crippen LogP contribution in [0.5, 0.6) is 0 Å². The molecule has 3 aromatic rings. The predicted molar refractivity (Wildman–Crippen MR) is 121 cm³/mol. The fourth-order valence-electron chi connectivity index (χ4n) is 3.37. The molecule has 0 aliphatic heterocycles. The molecule has 0 unspecified atom stereocenters. The van der Waals surface area contributed by atoms with Gasteiger partial charge in [0.25, 0.3) is 5.56 Å². The molecule has 0 saturated heterocycles. The summed E-state index contributed by atoms with van der Waals surface area (Å²) in [5.41, 5.74) is 10.7. The lowest BCUT2D eigenvalue weighted by molar-refractivity contribution is -0.121. The third-order valence-corrected chi connectivity index (χ3v) is 4.89. The van der Waals surface area contributed by atoms with Crippen LogP contribution in [-0.2, 0) is 24.7 Å². The Hall–Kier alpha value is -2.51. The summed E-state index contributed by atoms with van der Waals surface area (Å²) in [6.07, 6.45) is 1.68. The van der Waals surface area contributed by atoms with Crippen LogP contribution in [0.3, 0.4) is 0 Å². The zero-order valence-electron chi connectivity index (χ0n) is 16.7. The van der Waals surface area contributed by atoms with E-state index in [1.807, 2.05) is 38.1 Å². The molecule has 3 rings (SSSR count). The molecule has 0 atom stereocenters. The topological polar surface area (TPSA) is 106 Å². The largest absolute Gasteiger partial charge is 0.399 e. The first kappa shape index (κ1) is 24.5. The van der Waals surface area contributed by atoms with E-state index in [9.17, 15) is 9.59 Å². The van der Waals surface area contributed by atoms with Crippen LogP contribution >= 0.6 is 24.8 Å². The minimum absolute atomic E-state index is 0. The maximum atomic E-state index is 12.2. The number of aryl methyl sites for hydroxylation is 3. The fraction of sp³-hybridized carbons (Fsp3) is 0.350. The van der Waals surface area contributed by atoms with E-state index >= 15 is 0 Å². The predicted octanol–water partition coefficient (Wildman–Crippen LogP) is 2.60. The highest BCUT2D eigenvalue weighted by Crippen LogP contribution is 2.21. The van der Waals surface area contributed by atoms with Crippen molar-refractivity contribution < 1.29 is 4.79 Å². The molecule has 0 radical (unpaired) electrons. The standard InChI is InChI=1S/C20H25N5O2.2ClH/c1-12-16(13(2)23-19-18(12)20(27)24-25(19)3)8-9-17(26)22-11-10-14-4-6-15(21)7-5-14;;/h4-7H,8-11,21H2,1-3H3,(H,22,26)(H,24,27);2*1H. The molecular weight excluding hydrogens is 413 g/mol. The van der Waals surface area contributed by atoms with E-state index in [-0.39, 0.29) is 36.3 Å². The Morgan fingerprint density at radius 3 is 2.48 bits per heavy atom. The monoisotopic (exact) mass is 439 g/mol. The number of hydrogen-bond donors (Lipinski definition) is 3. The number of carbonyl (C=O) groups is 1. The highest BCUT2D eigenvalue weighted by Gasteiger charge is 2.15. The molecule has 7 nitrogen and oxygen atoms in total. The van der Waals surface area contributed by atoms with Gasteiger partial charge in [0.15, 0.2) is 5.65 Å². The summed E-state index contributed by atoms with van der Waals surface area (Å²) in [6.45, 7) is 4.41. The van der Waals surface area contributed by atoms with Crippen molar-refractivity contribution in [3.8, 4) is 0 Å². The maximum absolute atomic E-state index is 12.2. The van der Waals surface area contributed by atoms with Gasteiger partial charge in [0.1, 0.15) is 0 Å². The number of rotatable bonds is 6. The first-order valence-corrected chi connectivity index (χ1v) is 9.02. The number of halogens is 2. The van der Waals surface area contributed by atoms with Crippen LogP contribution in [-0.4, -0.2) is 27.2 Å². The van der Waals surface area contributed by atoms with Crippen LogP contribution in [0.15, 0.2) is 29.1 Å². The SMILES string of the molecule is Cc1nc2c(c(C)c1CCC(=O)NCCc1ccc(N)cc1)c(=O)[nH]n2C.Cl.Cl. The zero-order valence-corrected chi connectivity index (χ0v) is 18.4. The zero-order chi connectivity index (χ0) is 19.6. The number of nitrogens with two attached hydrogens (primary N) is 1. The summed E-state index contributed by atoms with van der Waals surface area (Å²) in [7, 11) is 1.77. The lowest BCUT2D eigenvalue weighted by Gasteiger charge is -2.11. The number of nitrogens with one attached hydrogen (secondary N) is 2. The minimum atomic E-state index is -0.147. The van der Waals surface area contributed by atoms with E-state index in [0.29, 0.717) is 30.4 Å². The van der Waals surface area contributed by atoms with Crippen molar-refractivity contribution in [2.75, 3.05) is 12.3 Å². The number of aromatic amines is 1. The van der Waals surface area contributed by atoms with Crippen molar-refractivity contribution in [3.63, 3.8) is 0 Å². The van der Waals surface area contributed by atoms with Gasteiger partial charge in [-0.05, 0) is 55.5 Å². The van der Waals surface area contributed by atoms with E-state index in [0.717, 1.165) is 34.5 Å². The Labute approximate surface area is 181 Å². The molecule has 0 bridgehead atoms. The van der Waals surface area contributed by atoms with E-state index in [2.05, 4.69) is 15.4 Å². The molecule has 29 heavy (non-hydrogen) atoms. The summed E-state index contributed by atoms with van der Waals surface area (Å²) in [5, 5.41) is 6.28. The van der Waals surface area contributed by atoms with Crippen LogP contribution in [0.4, 0.5) is 5.69 Å². The molecule has 9 heteroatoms. The third kappa shape index (κ3) is 5.52. The highest BCUT2D eigenvalue weighted by atomic mass is 35.5. The average Bonchev–Trinajstić information content (AvgIpc) is 2.90. The first-order chi connectivity index (χ1) is 12.9. The number of H-pyrrole nitrogens is 1. The molecule has 0 spiro atoms. The molecular formula is C20H27Cl2N5O2. The quantitative estimate of drug-likeness (QED) is 0.513. The van der Waals surface area contributed by atoms with Gasteiger partial charge in [-0.3, -0.25) is 19.4 Å². The van der Waals surface area contributed by atoms with Crippen LogP contribution < -0.4 is 16.6 Å². The molecule has 2 aromatic heterocycles. The lowest BCUT2D eigenvalue weighted by Crippen LogP contribution is -2.26. The maximum Gasteiger partial charge on any atom is 0.273 e. The van der Waals surface area contributed by atoms with E-state index in [1.54, 1.807) is 11.7 Å². The third-order valence-electron chi connectivity index (χ3n) is 4.89. The summed E-state index contributed by atoms with van der Waals surface area (Å²) >= 11 is 0. The van der Waals surface area contributed by atoms with Crippen molar-refractivity contribution in [2.45, 2.75) is 33.1 Å². The van der Waals surface area contributed by atoms with Crippen LogP contribution in [0.25, 0.3) is 11.0 Å². The van der Waals surface area contributed by atoms with Crippen molar-refractivity contribution in [3.05, 3.63) is 57.0 Å². The Morgan fingerprint density at radius 1 is 1.17 bits per heavy atom. The number of nitrogen functional groups attached to an aromatic ring is 1. The van der Waals surface area contributed by atoms with Gasteiger partial charge < -0.3 is 11.1 Å². The average molecular weight is 440 g/mol. The van der Waals surface area contributed by atoms with Gasteiger partial charge in [-0.25, -0.2) is 4.98 Å². The van der Waals surface area contributed by atoms with E-state index in [4.69, 9.17) is 5.73 Å². The van der Waals surface area contributed by atoms with Gasteiger partial charge in [0, 0.05) is 31.4 Å². The van der Waals surface area contributed by atoms with Gasteiger partial charge in [0.05, 0.1) is 5.39 Å². The van der Waals surface area contributed by atoms with Gasteiger partial charge in [0.2, 0.25) is 5.91 Å². The Bertz CT molecular complexity index is 1040. The molecule has 0 aliphatic carbocycles. The molecule has 158 valence electrons. The lowest BCUT2D eigenvalue weighted by atomic mass is 10.00. The number of benzene rings is 1. The fourth-order valence-corrected chi connectivity index (χ4v) is 3.37. The summed E-state index contributed by atoms with van der Waals surface area (Å²) in [6, 6.07) is 7.65. The number of fused-ring (bicyclic) bond motifs is 1. The summed E-state index contributed by atoms with van der Waals surface area (Å²) in [5.74, 6) is -0.00804. The summed E-state index contributed by atoms with van der Waals surface area (Å²) < 4.78 is 1.63. The van der Waals surface area contributed by atoms with Crippen molar-refractivity contribution in [1.82, 2.24) is 20.1 Å². The normalized spacial score (nSPS) is 10.3. The second kappa shape index (κ2) is 10.3. The highest BCUT2D eigenvalue weighted by molar-refractivity contribution is 5.85.